The third kappa shape index (κ3) is 2.15. The molecule has 0 aliphatic heterocycles. The van der Waals surface area contributed by atoms with E-state index < -0.39 is 0 Å². The van der Waals surface area contributed by atoms with Crippen LogP contribution in [0.4, 0.5) is 0 Å². The lowest BCUT2D eigenvalue weighted by atomic mass is 10.2. The largest absolute Gasteiger partial charge is 0.342 e. The molecular formula is C13H13N5. The molecule has 1 N–H and O–H groups in total. The SMILES string of the molecule is c1cncc(CCn2ccnc2-c2cnc[nH]2)c1. The van der Waals surface area contributed by atoms with E-state index in [9.17, 15) is 0 Å². The molecule has 0 unspecified atom stereocenters. The van der Waals surface area contributed by atoms with Crippen LogP contribution in [0, 0.1) is 0 Å². The quantitative estimate of drug-likeness (QED) is 0.756. The average Bonchev–Trinajstić information content (AvgIpc) is 3.08. The first kappa shape index (κ1) is 10.7. The minimum absolute atomic E-state index is 0.875. The van der Waals surface area contributed by atoms with Crippen molar-refractivity contribution in [2.45, 2.75) is 13.0 Å². The summed E-state index contributed by atoms with van der Waals surface area (Å²) in [4.78, 5) is 15.6. The predicted octanol–water partition coefficient (Wildman–Crippen LogP) is 1.91. The Morgan fingerprint density at radius 2 is 2.17 bits per heavy atom. The Morgan fingerprint density at radius 3 is 2.94 bits per heavy atom. The first-order valence-electron chi connectivity index (χ1n) is 5.82. The summed E-state index contributed by atoms with van der Waals surface area (Å²) in [6.45, 7) is 0.875. The fraction of sp³-hybridized carbons (Fsp3) is 0.154. The van der Waals surface area contributed by atoms with E-state index in [0.29, 0.717) is 0 Å². The van der Waals surface area contributed by atoms with Crippen LogP contribution in [0.2, 0.25) is 0 Å². The van der Waals surface area contributed by atoms with E-state index in [4.69, 9.17) is 0 Å². The molecule has 0 amide bonds. The third-order valence-corrected chi connectivity index (χ3v) is 2.82. The number of nitrogens with one attached hydrogen (secondary N) is 1. The normalized spacial score (nSPS) is 10.7. The van der Waals surface area contributed by atoms with Crippen LogP contribution in [0.15, 0.2) is 49.4 Å². The van der Waals surface area contributed by atoms with Crippen molar-refractivity contribution < 1.29 is 0 Å². The second-order valence-electron chi connectivity index (χ2n) is 4.02. The minimum Gasteiger partial charge on any atom is -0.342 e. The molecule has 0 radical (unpaired) electrons. The van der Waals surface area contributed by atoms with E-state index in [2.05, 4.69) is 30.6 Å². The van der Waals surface area contributed by atoms with Gasteiger partial charge in [-0.3, -0.25) is 4.98 Å². The molecule has 3 rings (SSSR count). The highest BCUT2D eigenvalue weighted by atomic mass is 15.1. The van der Waals surface area contributed by atoms with Gasteiger partial charge >= 0.3 is 0 Å². The van der Waals surface area contributed by atoms with Gasteiger partial charge in [-0.25, -0.2) is 9.97 Å². The molecule has 3 aromatic rings. The molecule has 0 aliphatic rings. The monoisotopic (exact) mass is 239 g/mol. The highest BCUT2D eigenvalue weighted by molar-refractivity contribution is 5.47. The molecule has 5 heteroatoms. The van der Waals surface area contributed by atoms with Crippen molar-refractivity contribution in [3.05, 3.63) is 55.0 Å². The van der Waals surface area contributed by atoms with Gasteiger partial charge in [-0.05, 0) is 18.1 Å². The van der Waals surface area contributed by atoms with Gasteiger partial charge in [0.25, 0.3) is 0 Å². The first-order valence-corrected chi connectivity index (χ1v) is 5.82. The topological polar surface area (TPSA) is 59.4 Å². The molecule has 5 nitrogen and oxygen atoms in total. The number of rotatable bonds is 4. The maximum Gasteiger partial charge on any atom is 0.158 e. The molecule has 0 aliphatic carbocycles. The van der Waals surface area contributed by atoms with Crippen molar-refractivity contribution in [1.82, 2.24) is 24.5 Å². The molecule has 0 saturated heterocycles. The summed E-state index contributed by atoms with van der Waals surface area (Å²) in [5, 5.41) is 0. The predicted molar refractivity (Wildman–Crippen MR) is 67.7 cm³/mol. The second kappa shape index (κ2) is 4.83. The van der Waals surface area contributed by atoms with E-state index in [1.54, 1.807) is 24.9 Å². The summed E-state index contributed by atoms with van der Waals surface area (Å²) < 4.78 is 2.11. The van der Waals surface area contributed by atoms with Gasteiger partial charge in [-0.2, -0.15) is 0 Å². The smallest absolute Gasteiger partial charge is 0.158 e. The number of aromatic amines is 1. The zero-order chi connectivity index (χ0) is 12.2. The Balaban J connectivity index is 1.76. The summed E-state index contributed by atoms with van der Waals surface area (Å²) in [5.41, 5.74) is 2.16. The fourth-order valence-electron chi connectivity index (χ4n) is 1.91. The van der Waals surface area contributed by atoms with Gasteiger partial charge < -0.3 is 9.55 Å². The Kier molecular flexibility index (Phi) is 2.87. The summed E-state index contributed by atoms with van der Waals surface area (Å²) >= 11 is 0. The van der Waals surface area contributed by atoms with Crippen molar-refractivity contribution in [2.24, 2.45) is 0 Å². The van der Waals surface area contributed by atoms with Crippen molar-refractivity contribution in [2.75, 3.05) is 0 Å². The molecule has 0 spiro atoms. The van der Waals surface area contributed by atoms with E-state index in [1.807, 2.05) is 18.5 Å². The van der Waals surface area contributed by atoms with E-state index in [-0.39, 0.29) is 0 Å². The van der Waals surface area contributed by atoms with Crippen molar-refractivity contribution >= 4 is 0 Å². The van der Waals surface area contributed by atoms with E-state index >= 15 is 0 Å². The van der Waals surface area contributed by atoms with Crippen LogP contribution in [-0.4, -0.2) is 24.5 Å². The third-order valence-electron chi connectivity index (χ3n) is 2.82. The minimum atomic E-state index is 0.875. The van der Waals surface area contributed by atoms with Crippen molar-refractivity contribution in [3.63, 3.8) is 0 Å². The highest BCUT2D eigenvalue weighted by Gasteiger charge is 2.06. The van der Waals surface area contributed by atoms with Crippen molar-refractivity contribution in [1.29, 1.82) is 0 Å². The van der Waals surface area contributed by atoms with Crippen LogP contribution in [0.3, 0.4) is 0 Å². The number of hydrogen-bond donors (Lipinski definition) is 1. The average molecular weight is 239 g/mol. The number of pyridine rings is 1. The van der Waals surface area contributed by atoms with Gasteiger partial charge in [-0.15, -0.1) is 0 Å². The molecule has 0 bridgehead atoms. The maximum atomic E-state index is 4.35. The van der Waals surface area contributed by atoms with Crippen LogP contribution in [0.1, 0.15) is 5.56 Å². The Labute approximate surface area is 105 Å². The van der Waals surface area contributed by atoms with Gasteiger partial charge in [0.1, 0.15) is 5.69 Å². The molecule has 0 saturated carbocycles. The van der Waals surface area contributed by atoms with Gasteiger partial charge in [0.2, 0.25) is 0 Å². The second-order valence-corrected chi connectivity index (χ2v) is 4.02. The van der Waals surface area contributed by atoms with Crippen LogP contribution in [0.5, 0.6) is 0 Å². The summed E-state index contributed by atoms with van der Waals surface area (Å²) in [6, 6.07) is 4.04. The van der Waals surface area contributed by atoms with Crippen LogP contribution in [-0.2, 0) is 13.0 Å². The number of hydrogen-bond acceptors (Lipinski definition) is 3. The number of imidazole rings is 2. The maximum absolute atomic E-state index is 4.35. The molecular weight excluding hydrogens is 226 g/mol. The Morgan fingerprint density at radius 1 is 1.17 bits per heavy atom. The highest BCUT2D eigenvalue weighted by Crippen LogP contribution is 2.14. The number of aromatic nitrogens is 5. The summed E-state index contributed by atoms with van der Waals surface area (Å²) in [6.07, 6.45) is 11.8. The molecule has 0 fully saturated rings. The first-order chi connectivity index (χ1) is 8.93. The van der Waals surface area contributed by atoms with Gasteiger partial charge in [0, 0.05) is 31.3 Å². The molecule has 3 aromatic heterocycles. The van der Waals surface area contributed by atoms with Crippen LogP contribution < -0.4 is 0 Å². The lowest BCUT2D eigenvalue weighted by Gasteiger charge is -2.06. The molecule has 18 heavy (non-hydrogen) atoms. The van der Waals surface area contributed by atoms with Crippen LogP contribution in [0.25, 0.3) is 11.5 Å². The zero-order valence-electron chi connectivity index (χ0n) is 9.82. The molecule has 0 aromatic carbocycles. The van der Waals surface area contributed by atoms with E-state index in [1.165, 1.54) is 5.56 Å². The van der Waals surface area contributed by atoms with Gasteiger partial charge in [-0.1, -0.05) is 6.07 Å². The summed E-state index contributed by atoms with van der Waals surface area (Å²) in [5.74, 6) is 0.913. The Hall–Kier alpha value is -2.43. The van der Waals surface area contributed by atoms with Gasteiger partial charge in [0.05, 0.1) is 12.5 Å². The molecule has 0 atom stereocenters. The number of nitrogens with zero attached hydrogens (tertiary/aromatic N) is 4. The molecule has 3 heterocycles. The fourth-order valence-corrected chi connectivity index (χ4v) is 1.91. The van der Waals surface area contributed by atoms with Gasteiger partial charge in [0.15, 0.2) is 5.82 Å². The lowest BCUT2D eigenvalue weighted by Crippen LogP contribution is -2.02. The van der Waals surface area contributed by atoms with Crippen molar-refractivity contribution in [3.8, 4) is 11.5 Å². The number of aryl methyl sites for hydroxylation is 2. The van der Waals surface area contributed by atoms with E-state index in [0.717, 1.165) is 24.5 Å². The number of H-pyrrole nitrogens is 1. The van der Waals surface area contributed by atoms with Crippen LogP contribution >= 0.6 is 0 Å². The summed E-state index contributed by atoms with van der Waals surface area (Å²) in [7, 11) is 0. The lowest BCUT2D eigenvalue weighted by molar-refractivity contribution is 0.700. The standard InChI is InChI=1S/C13H13N5/c1-2-11(8-14-4-1)3-6-18-7-5-16-13(18)12-9-15-10-17-12/h1-2,4-5,7-10H,3,6H2,(H,15,17). The Bertz CT molecular complexity index is 597. The molecule has 90 valence electrons. The zero-order valence-corrected chi connectivity index (χ0v) is 9.82.